The maximum Gasteiger partial charge on any atom is 0.254 e. The molecule has 0 unspecified atom stereocenters. The van der Waals surface area contributed by atoms with Crippen LogP contribution in [0.1, 0.15) is 15.9 Å². The normalized spacial score (nSPS) is 15.4. The lowest BCUT2D eigenvalue weighted by Crippen LogP contribution is -2.54. The van der Waals surface area contributed by atoms with Gasteiger partial charge in [-0.2, -0.15) is 11.3 Å². The monoisotopic (exact) mass is 379 g/mol. The van der Waals surface area contributed by atoms with Gasteiger partial charge in [0.15, 0.2) is 0 Å². The summed E-state index contributed by atoms with van der Waals surface area (Å²) in [6.45, 7) is 2.19. The van der Waals surface area contributed by atoms with Crippen LogP contribution in [0.15, 0.2) is 47.2 Å². The topological polar surface area (TPSA) is 66.6 Å². The van der Waals surface area contributed by atoms with Gasteiger partial charge >= 0.3 is 0 Å². The van der Waals surface area contributed by atoms with Gasteiger partial charge in [-0.3, -0.25) is 9.59 Å². The van der Waals surface area contributed by atoms with E-state index < -0.39 is 6.04 Å². The van der Waals surface area contributed by atoms with Crippen LogP contribution in [0.2, 0.25) is 0 Å². The number of amides is 2. The molecule has 2 N–H and O–H groups in total. The van der Waals surface area contributed by atoms with Crippen molar-refractivity contribution in [2.45, 2.75) is 12.5 Å². The molecular formula is C18H22ClN3O2S. The van der Waals surface area contributed by atoms with Gasteiger partial charge in [-0.1, -0.05) is 30.3 Å². The first kappa shape index (κ1) is 19.4. The average Bonchev–Trinajstić information content (AvgIpc) is 3.16. The van der Waals surface area contributed by atoms with Gasteiger partial charge in [0, 0.05) is 31.6 Å². The highest BCUT2D eigenvalue weighted by Gasteiger charge is 2.27. The van der Waals surface area contributed by atoms with Crippen molar-refractivity contribution in [2.24, 2.45) is 5.73 Å². The van der Waals surface area contributed by atoms with Crippen molar-refractivity contribution in [1.29, 1.82) is 0 Å². The van der Waals surface area contributed by atoms with Crippen LogP contribution in [0, 0.1) is 0 Å². The van der Waals surface area contributed by atoms with Crippen LogP contribution in [0.4, 0.5) is 0 Å². The summed E-state index contributed by atoms with van der Waals surface area (Å²) >= 11 is 1.51. The second-order valence-corrected chi connectivity index (χ2v) is 6.71. The molecular weight excluding hydrogens is 358 g/mol. The van der Waals surface area contributed by atoms with Crippen LogP contribution in [-0.2, 0) is 11.2 Å². The van der Waals surface area contributed by atoms with E-state index in [1.165, 1.54) is 11.3 Å². The lowest BCUT2D eigenvalue weighted by molar-refractivity contribution is -0.134. The van der Waals surface area contributed by atoms with E-state index in [9.17, 15) is 9.59 Å². The minimum absolute atomic E-state index is 0. The van der Waals surface area contributed by atoms with Crippen LogP contribution in [0.5, 0.6) is 0 Å². The summed E-state index contributed by atoms with van der Waals surface area (Å²) in [5.41, 5.74) is 7.86. The molecule has 0 aliphatic carbocycles. The number of halogens is 1. The maximum atomic E-state index is 12.5. The molecule has 0 bridgehead atoms. The number of nitrogens with two attached hydrogens (primary N) is 1. The molecule has 1 aliphatic heterocycles. The second kappa shape index (κ2) is 8.99. The lowest BCUT2D eigenvalue weighted by atomic mass is 10.1. The average molecular weight is 380 g/mol. The number of nitrogens with zero attached hydrogens (tertiary/aromatic N) is 2. The zero-order valence-corrected chi connectivity index (χ0v) is 15.5. The highest BCUT2D eigenvalue weighted by molar-refractivity contribution is 7.08. The summed E-state index contributed by atoms with van der Waals surface area (Å²) in [4.78, 5) is 28.4. The minimum Gasteiger partial charge on any atom is -0.338 e. The second-order valence-electron chi connectivity index (χ2n) is 5.93. The third-order valence-corrected chi connectivity index (χ3v) is 4.95. The third-order valence-electron chi connectivity index (χ3n) is 4.26. The fraction of sp³-hybridized carbons (Fsp3) is 0.333. The molecule has 1 aliphatic rings. The van der Waals surface area contributed by atoms with Crippen LogP contribution in [-0.4, -0.2) is 53.8 Å². The predicted molar refractivity (Wildman–Crippen MR) is 102 cm³/mol. The first-order valence-corrected chi connectivity index (χ1v) is 8.99. The van der Waals surface area contributed by atoms with Crippen LogP contribution >= 0.6 is 23.7 Å². The molecule has 1 saturated heterocycles. The summed E-state index contributed by atoms with van der Waals surface area (Å²) in [7, 11) is 0. The summed E-state index contributed by atoms with van der Waals surface area (Å²) in [6, 6.07) is 11.1. The van der Waals surface area contributed by atoms with E-state index in [0.29, 0.717) is 32.6 Å². The lowest BCUT2D eigenvalue weighted by Gasteiger charge is -2.35. The van der Waals surface area contributed by atoms with Crippen molar-refractivity contribution in [3.8, 4) is 0 Å². The highest BCUT2D eigenvalue weighted by Crippen LogP contribution is 2.13. The fourth-order valence-electron chi connectivity index (χ4n) is 2.89. The molecule has 5 nitrogen and oxygen atoms in total. The minimum atomic E-state index is -0.536. The van der Waals surface area contributed by atoms with E-state index >= 15 is 0 Å². The van der Waals surface area contributed by atoms with Gasteiger partial charge in [0.1, 0.15) is 0 Å². The van der Waals surface area contributed by atoms with Gasteiger partial charge in [-0.25, -0.2) is 0 Å². The smallest absolute Gasteiger partial charge is 0.254 e. The highest BCUT2D eigenvalue weighted by atomic mass is 35.5. The Hall–Kier alpha value is -1.89. The van der Waals surface area contributed by atoms with Gasteiger partial charge in [0.25, 0.3) is 5.91 Å². The number of benzene rings is 1. The maximum absolute atomic E-state index is 12.5. The quantitative estimate of drug-likeness (QED) is 0.883. The van der Waals surface area contributed by atoms with E-state index in [2.05, 4.69) is 0 Å². The number of carbonyl (C=O) groups excluding carboxylic acids is 2. The standard InChI is InChI=1S/C18H21N3O2S.ClH/c19-16(12-14-4-2-1-3-5-14)18(23)21-9-7-20(8-10-21)17(22)15-6-11-24-13-15;/h1-6,11,13,16H,7-10,12,19H2;1H/t16-;/m0./s1. The molecule has 3 rings (SSSR count). The Morgan fingerprint density at radius 3 is 2.28 bits per heavy atom. The zero-order valence-electron chi connectivity index (χ0n) is 13.8. The van der Waals surface area contributed by atoms with Gasteiger partial charge in [0.05, 0.1) is 11.6 Å². The Labute approximate surface area is 157 Å². The predicted octanol–water partition coefficient (Wildman–Crippen LogP) is 2.02. The molecule has 25 heavy (non-hydrogen) atoms. The zero-order chi connectivity index (χ0) is 16.9. The first-order valence-electron chi connectivity index (χ1n) is 8.05. The summed E-state index contributed by atoms with van der Waals surface area (Å²) in [5.74, 6) is -0.00146. The van der Waals surface area contributed by atoms with Crippen molar-refractivity contribution in [1.82, 2.24) is 9.80 Å². The molecule has 1 atom stereocenters. The van der Waals surface area contributed by atoms with Crippen molar-refractivity contribution in [3.05, 3.63) is 58.3 Å². The molecule has 0 saturated carbocycles. The number of piperazine rings is 1. The van der Waals surface area contributed by atoms with Gasteiger partial charge in [-0.05, 0) is 23.4 Å². The Morgan fingerprint density at radius 2 is 1.68 bits per heavy atom. The third kappa shape index (κ3) is 4.81. The molecule has 0 spiro atoms. The molecule has 2 heterocycles. The Bertz CT molecular complexity index is 686. The van der Waals surface area contributed by atoms with E-state index in [-0.39, 0.29) is 24.2 Å². The number of thiophene rings is 1. The molecule has 134 valence electrons. The number of hydrogen-bond donors (Lipinski definition) is 1. The van der Waals surface area contributed by atoms with Gasteiger partial charge in [0.2, 0.25) is 5.91 Å². The molecule has 2 aromatic rings. The Balaban J connectivity index is 0.00000225. The van der Waals surface area contributed by atoms with E-state index in [0.717, 1.165) is 11.1 Å². The first-order chi connectivity index (χ1) is 11.6. The fourth-order valence-corrected chi connectivity index (χ4v) is 3.52. The van der Waals surface area contributed by atoms with E-state index in [4.69, 9.17) is 5.73 Å². The van der Waals surface area contributed by atoms with Crippen LogP contribution in [0.3, 0.4) is 0 Å². The van der Waals surface area contributed by atoms with Gasteiger partial charge < -0.3 is 15.5 Å². The molecule has 7 heteroatoms. The van der Waals surface area contributed by atoms with Crippen molar-refractivity contribution < 1.29 is 9.59 Å². The molecule has 1 aromatic carbocycles. The van der Waals surface area contributed by atoms with Crippen LogP contribution in [0.25, 0.3) is 0 Å². The Morgan fingerprint density at radius 1 is 1.04 bits per heavy atom. The molecule has 0 radical (unpaired) electrons. The summed E-state index contributed by atoms with van der Waals surface area (Å²) in [5, 5.41) is 3.76. The Kier molecular flexibility index (Phi) is 6.99. The largest absolute Gasteiger partial charge is 0.338 e. The number of carbonyl (C=O) groups is 2. The van der Waals surface area contributed by atoms with E-state index in [1.807, 2.05) is 47.2 Å². The van der Waals surface area contributed by atoms with Crippen LogP contribution < -0.4 is 5.73 Å². The van der Waals surface area contributed by atoms with Crippen molar-refractivity contribution in [2.75, 3.05) is 26.2 Å². The molecule has 2 amide bonds. The SMILES string of the molecule is Cl.N[C@@H](Cc1ccccc1)C(=O)N1CCN(C(=O)c2ccsc2)CC1. The van der Waals surface area contributed by atoms with Crippen molar-refractivity contribution in [3.63, 3.8) is 0 Å². The molecule has 1 fully saturated rings. The van der Waals surface area contributed by atoms with Crippen molar-refractivity contribution >= 4 is 35.6 Å². The number of rotatable bonds is 4. The van der Waals surface area contributed by atoms with E-state index in [1.54, 1.807) is 9.80 Å². The molecule has 1 aromatic heterocycles. The van der Waals surface area contributed by atoms with Gasteiger partial charge in [-0.15, -0.1) is 12.4 Å². The summed E-state index contributed by atoms with van der Waals surface area (Å²) < 4.78 is 0. The summed E-state index contributed by atoms with van der Waals surface area (Å²) in [6.07, 6.45) is 0.535. The number of hydrogen-bond acceptors (Lipinski definition) is 4.